The fourth-order valence-corrected chi connectivity index (χ4v) is 9.59. The second-order valence-electron chi connectivity index (χ2n) is 16.1. The van der Waals surface area contributed by atoms with Crippen molar-refractivity contribution in [3.63, 3.8) is 0 Å². The maximum Gasteiger partial charge on any atom is 0.0547 e. The van der Waals surface area contributed by atoms with Crippen molar-refractivity contribution in [2.24, 2.45) is 0 Å². The van der Waals surface area contributed by atoms with Crippen LogP contribution in [0.25, 0.3) is 93.2 Å². The summed E-state index contributed by atoms with van der Waals surface area (Å²) in [6, 6.07) is 88.4. The van der Waals surface area contributed by atoms with Gasteiger partial charge in [0, 0.05) is 33.4 Å². The highest BCUT2D eigenvalue weighted by Gasteiger charge is 2.19. The quantitative estimate of drug-likeness (QED) is 0.146. The number of hydrogen-bond acceptors (Lipinski definition) is 1. The highest BCUT2D eigenvalue weighted by Crippen LogP contribution is 2.42. The van der Waals surface area contributed by atoms with Crippen molar-refractivity contribution in [1.82, 2.24) is 4.57 Å². The standard InChI is InChI=1S/C60H40N2/c1-2-13-41(14-3-1)42-29-34-49(35-30-42)61(51-18-12-17-47(39-51)48-28-27-46-26-25-43-15-4-6-19-52(43)56(46)40-48)50-36-31-45(32-37-50)53-20-8-10-23-57(53)62-58-24-11-9-22-55(58)60-54-21-7-5-16-44(54)33-38-59(60)62/h1-40H. The zero-order chi connectivity index (χ0) is 41.0. The summed E-state index contributed by atoms with van der Waals surface area (Å²) in [5, 5.41) is 10.1. The normalized spacial score (nSPS) is 11.5. The van der Waals surface area contributed by atoms with E-state index in [1.54, 1.807) is 0 Å². The van der Waals surface area contributed by atoms with Crippen molar-refractivity contribution in [3.8, 4) is 39.1 Å². The molecule has 62 heavy (non-hydrogen) atoms. The molecule has 12 aromatic rings. The molecule has 2 heteroatoms. The Kier molecular flexibility index (Phi) is 8.53. The molecule has 0 saturated heterocycles. The van der Waals surface area contributed by atoms with E-state index in [1.807, 2.05) is 0 Å². The van der Waals surface area contributed by atoms with Crippen LogP contribution >= 0.6 is 0 Å². The molecule has 0 aliphatic carbocycles. The minimum atomic E-state index is 1.09. The molecule has 2 nitrogen and oxygen atoms in total. The first-order valence-electron chi connectivity index (χ1n) is 21.3. The molecule has 1 aromatic heterocycles. The fourth-order valence-electron chi connectivity index (χ4n) is 9.59. The minimum Gasteiger partial charge on any atom is -0.310 e. The molecule has 1 heterocycles. The lowest BCUT2D eigenvalue weighted by Crippen LogP contribution is -2.10. The van der Waals surface area contributed by atoms with E-state index >= 15 is 0 Å². The number of nitrogens with zero attached hydrogens (tertiary/aromatic N) is 2. The van der Waals surface area contributed by atoms with Crippen molar-refractivity contribution in [3.05, 3.63) is 243 Å². The van der Waals surface area contributed by atoms with Crippen molar-refractivity contribution >= 4 is 71.2 Å². The van der Waals surface area contributed by atoms with Gasteiger partial charge in [-0.15, -0.1) is 0 Å². The summed E-state index contributed by atoms with van der Waals surface area (Å²) in [7, 11) is 0. The van der Waals surface area contributed by atoms with Crippen LogP contribution < -0.4 is 4.90 Å². The SMILES string of the molecule is c1ccc(-c2ccc(N(c3ccc(-c4ccccc4-n4c5ccccc5c5c6ccccc6ccc54)cc3)c3cccc(-c4ccc5ccc6ccccc6c5c4)c3)cc2)cc1. The summed E-state index contributed by atoms with van der Waals surface area (Å²) in [5.41, 5.74) is 13.9. The molecule has 0 unspecified atom stereocenters. The van der Waals surface area contributed by atoms with Crippen molar-refractivity contribution < 1.29 is 0 Å². The molecule has 0 fully saturated rings. The minimum absolute atomic E-state index is 1.09. The molecule has 12 rings (SSSR count). The van der Waals surface area contributed by atoms with E-state index in [9.17, 15) is 0 Å². The van der Waals surface area contributed by atoms with Gasteiger partial charge in [0.25, 0.3) is 0 Å². The molecule has 0 aliphatic rings. The maximum absolute atomic E-state index is 2.45. The lowest BCUT2D eigenvalue weighted by Gasteiger charge is -2.26. The zero-order valence-electron chi connectivity index (χ0n) is 34.0. The molecule has 0 radical (unpaired) electrons. The Morgan fingerprint density at radius 3 is 1.60 bits per heavy atom. The van der Waals surface area contributed by atoms with E-state index in [0.29, 0.717) is 0 Å². The third kappa shape index (κ3) is 6.04. The third-order valence-corrected chi connectivity index (χ3v) is 12.6. The summed E-state index contributed by atoms with van der Waals surface area (Å²) < 4.78 is 2.45. The van der Waals surface area contributed by atoms with Gasteiger partial charge >= 0.3 is 0 Å². The molecule has 0 spiro atoms. The van der Waals surface area contributed by atoms with Crippen molar-refractivity contribution in [2.45, 2.75) is 0 Å². The van der Waals surface area contributed by atoms with Crippen LogP contribution in [0.3, 0.4) is 0 Å². The highest BCUT2D eigenvalue weighted by molar-refractivity contribution is 6.21. The predicted octanol–water partition coefficient (Wildman–Crippen LogP) is 16.7. The van der Waals surface area contributed by atoms with Crippen LogP contribution in [0.2, 0.25) is 0 Å². The summed E-state index contributed by atoms with van der Waals surface area (Å²) in [6.07, 6.45) is 0. The Balaban J connectivity index is 0.977. The number of para-hydroxylation sites is 2. The van der Waals surface area contributed by atoms with Gasteiger partial charge in [-0.1, -0.05) is 182 Å². The van der Waals surface area contributed by atoms with E-state index in [0.717, 1.165) is 28.3 Å². The molecule has 0 saturated carbocycles. The average Bonchev–Trinajstić information content (AvgIpc) is 3.69. The van der Waals surface area contributed by atoms with Crippen LogP contribution in [0.15, 0.2) is 243 Å². The molecular weight excluding hydrogens is 749 g/mol. The molecule has 11 aromatic carbocycles. The van der Waals surface area contributed by atoms with E-state index < -0.39 is 0 Å². The Bertz CT molecular complexity index is 3620. The van der Waals surface area contributed by atoms with Crippen LogP contribution in [0.5, 0.6) is 0 Å². The average molecular weight is 789 g/mol. The summed E-state index contributed by atoms with van der Waals surface area (Å²) in [4.78, 5) is 2.38. The van der Waals surface area contributed by atoms with Crippen LogP contribution in [0.1, 0.15) is 0 Å². The number of aromatic nitrogens is 1. The second kappa shape index (κ2) is 14.8. The lowest BCUT2D eigenvalue weighted by molar-refractivity contribution is 1.18. The highest BCUT2D eigenvalue weighted by atomic mass is 15.1. The van der Waals surface area contributed by atoms with Gasteiger partial charge in [0.15, 0.2) is 0 Å². The van der Waals surface area contributed by atoms with Crippen molar-refractivity contribution in [1.29, 1.82) is 0 Å². The number of rotatable bonds is 7. The predicted molar refractivity (Wildman–Crippen MR) is 264 cm³/mol. The first-order valence-corrected chi connectivity index (χ1v) is 21.3. The van der Waals surface area contributed by atoms with E-state index in [2.05, 4.69) is 252 Å². The first-order chi connectivity index (χ1) is 30.7. The largest absolute Gasteiger partial charge is 0.310 e. The van der Waals surface area contributed by atoms with Crippen LogP contribution in [0.4, 0.5) is 17.1 Å². The zero-order valence-corrected chi connectivity index (χ0v) is 34.0. The summed E-state index contributed by atoms with van der Waals surface area (Å²) in [5.74, 6) is 0. The molecule has 0 bridgehead atoms. The number of anilines is 3. The Hall–Kier alpha value is -8.20. The molecule has 0 aliphatic heterocycles. The van der Waals surface area contributed by atoms with Gasteiger partial charge in [-0.2, -0.15) is 0 Å². The van der Waals surface area contributed by atoms with Gasteiger partial charge in [0.1, 0.15) is 0 Å². The van der Waals surface area contributed by atoms with E-state index in [1.165, 1.54) is 81.9 Å². The fraction of sp³-hybridized carbons (Fsp3) is 0. The summed E-state index contributed by atoms with van der Waals surface area (Å²) >= 11 is 0. The molecule has 290 valence electrons. The van der Waals surface area contributed by atoms with Gasteiger partial charge in [-0.3, -0.25) is 0 Å². The Labute approximate surface area is 360 Å². The second-order valence-corrected chi connectivity index (χ2v) is 16.1. The van der Waals surface area contributed by atoms with Gasteiger partial charge in [0.2, 0.25) is 0 Å². The third-order valence-electron chi connectivity index (χ3n) is 12.6. The Morgan fingerprint density at radius 2 is 0.806 bits per heavy atom. The number of benzene rings is 11. The monoisotopic (exact) mass is 788 g/mol. The molecular formula is C60H40N2. The number of hydrogen-bond donors (Lipinski definition) is 0. The maximum atomic E-state index is 2.45. The van der Waals surface area contributed by atoms with Gasteiger partial charge in [0.05, 0.1) is 16.7 Å². The smallest absolute Gasteiger partial charge is 0.0547 e. The topological polar surface area (TPSA) is 8.17 Å². The van der Waals surface area contributed by atoms with Crippen LogP contribution in [0, 0.1) is 0 Å². The molecule has 0 amide bonds. The molecule has 0 N–H and O–H groups in total. The van der Waals surface area contributed by atoms with Crippen molar-refractivity contribution in [2.75, 3.05) is 4.90 Å². The van der Waals surface area contributed by atoms with Crippen LogP contribution in [-0.2, 0) is 0 Å². The molecule has 0 atom stereocenters. The van der Waals surface area contributed by atoms with Gasteiger partial charge in [-0.25, -0.2) is 0 Å². The number of fused-ring (bicyclic) bond motifs is 8. The lowest BCUT2D eigenvalue weighted by atomic mass is 9.97. The summed E-state index contributed by atoms with van der Waals surface area (Å²) in [6.45, 7) is 0. The Morgan fingerprint density at radius 1 is 0.274 bits per heavy atom. The first kappa shape index (κ1) is 35.7. The van der Waals surface area contributed by atoms with Gasteiger partial charge < -0.3 is 9.47 Å². The van der Waals surface area contributed by atoms with Gasteiger partial charge in [-0.05, 0) is 121 Å². The van der Waals surface area contributed by atoms with E-state index in [4.69, 9.17) is 0 Å². The van der Waals surface area contributed by atoms with E-state index in [-0.39, 0.29) is 0 Å². The van der Waals surface area contributed by atoms with Crippen LogP contribution in [-0.4, -0.2) is 4.57 Å².